The predicted molar refractivity (Wildman–Crippen MR) is 57.6 cm³/mol. The summed E-state index contributed by atoms with van der Waals surface area (Å²) in [5.74, 6) is 0.793. The van der Waals surface area contributed by atoms with E-state index in [1.54, 1.807) is 0 Å². The number of hydrogen-bond donors (Lipinski definition) is 1. The fourth-order valence-electron chi connectivity index (χ4n) is 1.67. The van der Waals surface area contributed by atoms with Crippen LogP contribution in [-0.4, -0.2) is 10.4 Å². The third-order valence-corrected chi connectivity index (χ3v) is 3.62. The zero-order chi connectivity index (χ0) is 10.1. The molecule has 0 atom stereocenters. The molecule has 0 aromatic carbocycles. The first-order valence-electron chi connectivity index (χ1n) is 4.52. The van der Waals surface area contributed by atoms with E-state index in [2.05, 4.69) is 22.7 Å². The first kappa shape index (κ1) is 9.75. The van der Waals surface area contributed by atoms with Crippen molar-refractivity contribution >= 4 is 28.1 Å². The maximum Gasteiger partial charge on any atom is 0.162 e. The molecule has 74 valence electrons. The normalized spacial score (nSPS) is 25.2. The lowest BCUT2D eigenvalue weighted by Gasteiger charge is -2.33. The zero-order valence-electron chi connectivity index (χ0n) is 7.75. The molecule has 1 aliphatic rings. The first-order chi connectivity index (χ1) is 6.70. The third kappa shape index (κ3) is 1.70. The number of halogens is 1. The maximum absolute atomic E-state index is 8.84. The Balaban J connectivity index is 2.06. The molecule has 0 aliphatic heterocycles. The summed E-state index contributed by atoms with van der Waals surface area (Å²) in [7, 11) is 0. The average molecular weight is 228 g/mol. The SMILES string of the molecule is CC1CC(Nc2snc(Cl)c2C#N)C1. The van der Waals surface area contributed by atoms with Crippen molar-refractivity contribution in [3.8, 4) is 6.07 Å². The Hall–Kier alpha value is -0.790. The average Bonchev–Trinajstić information content (AvgIpc) is 2.44. The van der Waals surface area contributed by atoms with Crippen molar-refractivity contribution in [2.75, 3.05) is 5.32 Å². The van der Waals surface area contributed by atoms with Gasteiger partial charge in [-0.3, -0.25) is 0 Å². The Kier molecular flexibility index (Phi) is 2.62. The number of rotatable bonds is 2. The van der Waals surface area contributed by atoms with Crippen LogP contribution in [0.15, 0.2) is 0 Å². The van der Waals surface area contributed by atoms with Gasteiger partial charge in [0.05, 0.1) is 0 Å². The van der Waals surface area contributed by atoms with Crippen LogP contribution in [0.4, 0.5) is 5.00 Å². The van der Waals surface area contributed by atoms with Gasteiger partial charge in [0, 0.05) is 6.04 Å². The topological polar surface area (TPSA) is 48.7 Å². The second-order valence-corrected chi connectivity index (χ2v) is 4.84. The van der Waals surface area contributed by atoms with Crippen molar-refractivity contribution < 1.29 is 0 Å². The van der Waals surface area contributed by atoms with Gasteiger partial charge in [-0.15, -0.1) is 0 Å². The molecule has 5 heteroatoms. The van der Waals surface area contributed by atoms with E-state index < -0.39 is 0 Å². The van der Waals surface area contributed by atoms with E-state index in [4.69, 9.17) is 16.9 Å². The number of hydrogen-bond acceptors (Lipinski definition) is 4. The van der Waals surface area contributed by atoms with E-state index in [-0.39, 0.29) is 0 Å². The predicted octanol–water partition coefficient (Wildman–Crippen LogP) is 2.88. The second kappa shape index (κ2) is 3.76. The summed E-state index contributed by atoms with van der Waals surface area (Å²) < 4.78 is 3.94. The number of nitrogens with one attached hydrogen (secondary N) is 1. The Morgan fingerprint density at radius 1 is 1.64 bits per heavy atom. The molecule has 0 radical (unpaired) electrons. The summed E-state index contributed by atoms with van der Waals surface area (Å²) in [6.07, 6.45) is 2.33. The minimum atomic E-state index is 0.312. The van der Waals surface area contributed by atoms with Crippen LogP contribution in [0.25, 0.3) is 0 Å². The largest absolute Gasteiger partial charge is 0.372 e. The summed E-state index contributed by atoms with van der Waals surface area (Å²) >= 11 is 7.02. The molecular weight excluding hydrogens is 218 g/mol. The summed E-state index contributed by atoms with van der Waals surface area (Å²) in [6, 6.07) is 2.56. The van der Waals surface area contributed by atoms with Crippen molar-refractivity contribution in [3.05, 3.63) is 10.7 Å². The Morgan fingerprint density at radius 3 is 2.93 bits per heavy atom. The van der Waals surface area contributed by atoms with Gasteiger partial charge in [0.15, 0.2) is 5.15 Å². The molecule has 0 unspecified atom stereocenters. The van der Waals surface area contributed by atoms with E-state index in [0.717, 1.165) is 10.9 Å². The molecule has 0 spiro atoms. The number of nitriles is 1. The van der Waals surface area contributed by atoms with Gasteiger partial charge in [0.25, 0.3) is 0 Å². The van der Waals surface area contributed by atoms with Gasteiger partial charge in [0.1, 0.15) is 16.6 Å². The van der Waals surface area contributed by atoms with Crippen LogP contribution in [0.3, 0.4) is 0 Å². The molecule has 2 rings (SSSR count). The summed E-state index contributed by atoms with van der Waals surface area (Å²) in [5, 5.41) is 13.3. The Morgan fingerprint density at radius 2 is 2.36 bits per heavy atom. The van der Waals surface area contributed by atoms with Gasteiger partial charge < -0.3 is 5.32 Å². The van der Waals surface area contributed by atoms with E-state index >= 15 is 0 Å². The fourth-order valence-corrected chi connectivity index (χ4v) is 2.68. The molecule has 0 bridgehead atoms. The molecule has 1 N–H and O–H groups in total. The third-order valence-electron chi connectivity index (χ3n) is 2.47. The Labute approximate surface area is 91.9 Å². The molecule has 1 aliphatic carbocycles. The van der Waals surface area contributed by atoms with Gasteiger partial charge >= 0.3 is 0 Å². The van der Waals surface area contributed by atoms with Gasteiger partial charge in [-0.05, 0) is 30.3 Å². The maximum atomic E-state index is 8.84. The number of anilines is 1. The summed E-state index contributed by atoms with van der Waals surface area (Å²) in [6.45, 7) is 2.23. The van der Waals surface area contributed by atoms with Crippen LogP contribution in [0.1, 0.15) is 25.3 Å². The lowest BCUT2D eigenvalue weighted by Crippen LogP contribution is -2.33. The van der Waals surface area contributed by atoms with Gasteiger partial charge in [-0.2, -0.15) is 9.64 Å². The lowest BCUT2D eigenvalue weighted by molar-refractivity contribution is 0.309. The molecular formula is C9H10ClN3S. The molecule has 14 heavy (non-hydrogen) atoms. The fraction of sp³-hybridized carbons (Fsp3) is 0.556. The zero-order valence-corrected chi connectivity index (χ0v) is 9.32. The van der Waals surface area contributed by atoms with Crippen LogP contribution < -0.4 is 5.32 Å². The van der Waals surface area contributed by atoms with E-state index in [9.17, 15) is 0 Å². The van der Waals surface area contributed by atoms with E-state index in [0.29, 0.717) is 16.8 Å². The smallest absolute Gasteiger partial charge is 0.162 e. The molecule has 1 fully saturated rings. The van der Waals surface area contributed by atoms with Crippen molar-refractivity contribution in [1.29, 1.82) is 5.26 Å². The first-order valence-corrected chi connectivity index (χ1v) is 5.67. The van der Waals surface area contributed by atoms with Crippen molar-refractivity contribution in [1.82, 2.24) is 4.37 Å². The van der Waals surface area contributed by atoms with Crippen LogP contribution in [-0.2, 0) is 0 Å². The second-order valence-electron chi connectivity index (χ2n) is 3.71. The molecule has 1 heterocycles. The van der Waals surface area contributed by atoms with Crippen LogP contribution in [0.5, 0.6) is 0 Å². The van der Waals surface area contributed by atoms with Gasteiger partial charge in [-0.25, -0.2) is 0 Å². The standard InChI is InChI=1S/C9H10ClN3S/c1-5-2-6(3-5)12-9-7(4-11)8(10)13-14-9/h5-6,12H,2-3H2,1H3. The van der Waals surface area contributed by atoms with Crippen LogP contribution >= 0.6 is 23.1 Å². The van der Waals surface area contributed by atoms with Crippen molar-refractivity contribution in [2.24, 2.45) is 5.92 Å². The molecule has 1 aromatic heterocycles. The van der Waals surface area contributed by atoms with Gasteiger partial charge in [0.2, 0.25) is 0 Å². The highest BCUT2D eigenvalue weighted by Crippen LogP contribution is 2.34. The quantitative estimate of drug-likeness (QED) is 0.845. The molecule has 3 nitrogen and oxygen atoms in total. The van der Waals surface area contributed by atoms with Crippen molar-refractivity contribution in [3.63, 3.8) is 0 Å². The Bertz CT molecular complexity index is 376. The summed E-state index contributed by atoms with van der Waals surface area (Å²) in [4.78, 5) is 0. The highest BCUT2D eigenvalue weighted by molar-refractivity contribution is 7.10. The van der Waals surface area contributed by atoms with Crippen LogP contribution in [0, 0.1) is 17.2 Å². The number of nitrogens with zero attached hydrogens (tertiary/aromatic N) is 2. The van der Waals surface area contributed by atoms with Crippen molar-refractivity contribution in [2.45, 2.75) is 25.8 Å². The van der Waals surface area contributed by atoms with Gasteiger partial charge in [-0.1, -0.05) is 18.5 Å². The molecule has 0 amide bonds. The monoisotopic (exact) mass is 227 g/mol. The summed E-state index contributed by atoms with van der Waals surface area (Å²) in [5.41, 5.74) is 0.483. The molecule has 1 aromatic rings. The lowest BCUT2D eigenvalue weighted by atomic mass is 9.82. The molecule has 1 saturated carbocycles. The highest BCUT2D eigenvalue weighted by Gasteiger charge is 2.26. The minimum Gasteiger partial charge on any atom is -0.372 e. The minimum absolute atomic E-state index is 0.312. The highest BCUT2D eigenvalue weighted by atomic mass is 35.5. The van der Waals surface area contributed by atoms with E-state index in [1.807, 2.05) is 0 Å². The van der Waals surface area contributed by atoms with Crippen LogP contribution in [0.2, 0.25) is 5.15 Å². The number of aromatic nitrogens is 1. The van der Waals surface area contributed by atoms with E-state index in [1.165, 1.54) is 24.4 Å². The molecule has 0 saturated heterocycles.